The molecule has 0 aliphatic rings. The molecule has 0 saturated carbocycles. The van der Waals surface area contributed by atoms with Crippen molar-refractivity contribution in [3.8, 4) is 0 Å². The number of nitrogens with two attached hydrogens (primary N) is 1. The number of hydrogen-bond acceptors (Lipinski definition) is 3. The lowest BCUT2D eigenvalue weighted by Crippen LogP contribution is -2.26. The first-order valence-corrected chi connectivity index (χ1v) is 5.56. The van der Waals surface area contributed by atoms with E-state index in [0.29, 0.717) is 13.1 Å². The first kappa shape index (κ1) is 11.5. The Kier molecular flexibility index (Phi) is 3.67. The molecule has 0 bridgehead atoms. The summed E-state index contributed by atoms with van der Waals surface area (Å²) in [5, 5.41) is 0. The molecule has 0 amide bonds. The van der Waals surface area contributed by atoms with E-state index in [0.717, 1.165) is 5.56 Å². The second kappa shape index (κ2) is 5.41. The van der Waals surface area contributed by atoms with Crippen LogP contribution in [0.1, 0.15) is 11.5 Å². The molecule has 0 aliphatic carbocycles. The minimum absolute atomic E-state index is 0.0469. The van der Waals surface area contributed by atoms with Gasteiger partial charge in [0.05, 0.1) is 6.33 Å². The largest absolute Gasteiger partial charge is 0.330 e. The minimum Gasteiger partial charge on any atom is -0.330 e. The molecular weight excluding hydrogens is 214 g/mol. The molecule has 4 nitrogen and oxygen atoms in total. The van der Waals surface area contributed by atoms with Gasteiger partial charge in [-0.1, -0.05) is 30.3 Å². The molecule has 0 radical (unpaired) electrons. The molecule has 4 heteroatoms. The molecule has 0 aliphatic heterocycles. The van der Waals surface area contributed by atoms with Crippen LogP contribution >= 0.6 is 0 Å². The number of benzene rings is 1. The summed E-state index contributed by atoms with van der Waals surface area (Å²) in [6.07, 6.45) is 3.05. The normalized spacial score (nSPS) is 12.3. The van der Waals surface area contributed by atoms with Gasteiger partial charge >= 0.3 is 0 Å². The molecule has 2 rings (SSSR count). The van der Waals surface area contributed by atoms with Gasteiger partial charge in [-0.05, 0) is 5.56 Å². The standard InChI is InChI=1S/C13H15N3O/c14-8-12(11-4-2-1-3-5-11)9-16-10-15-7-6-13(16)17/h1-7,10,12H,8-9,14H2. The van der Waals surface area contributed by atoms with Crippen LogP contribution in [0.4, 0.5) is 0 Å². The highest BCUT2D eigenvalue weighted by atomic mass is 16.1. The highest BCUT2D eigenvalue weighted by Crippen LogP contribution is 2.15. The Morgan fingerprint density at radius 1 is 1.24 bits per heavy atom. The lowest BCUT2D eigenvalue weighted by atomic mass is 9.99. The summed E-state index contributed by atoms with van der Waals surface area (Å²) in [5.41, 5.74) is 6.86. The first-order chi connectivity index (χ1) is 8.31. The van der Waals surface area contributed by atoms with Crippen molar-refractivity contribution in [3.63, 3.8) is 0 Å². The van der Waals surface area contributed by atoms with E-state index < -0.39 is 0 Å². The van der Waals surface area contributed by atoms with E-state index in [9.17, 15) is 4.79 Å². The molecule has 1 heterocycles. The molecule has 1 unspecified atom stereocenters. The Morgan fingerprint density at radius 2 is 2.00 bits per heavy atom. The molecule has 2 aromatic rings. The van der Waals surface area contributed by atoms with Gasteiger partial charge in [-0.15, -0.1) is 0 Å². The Labute approximate surface area is 99.7 Å². The van der Waals surface area contributed by atoms with Crippen LogP contribution in [0.2, 0.25) is 0 Å². The van der Waals surface area contributed by atoms with Crippen molar-refractivity contribution in [2.75, 3.05) is 6.54 Å². The van der Waals surface area contributed by atoms with E-state index in [1.165, 1.54) is 12.3 Å². The average Bonchev–Trinajstić information content (AvgIpc) is 2.39. The van der Waals surface area contributed by atoms with Crippen molar-refractivity contribution in [1.82, 2.24) is 9.55 Å². The molecule has 0 fully saturated rings. The quantitative estimate of drug-likeness (QED) is 0.850. The third-order valence-corrected chi connectivity index (χ3v) is 2.76. The summed E-state index contributed by atoms with van der Waals surface area (Å²) in [6.45, 7) is 1.07. The van der Waals surface area contributed by atoms with Crippen molar-refractivity contribution in [2.24, 2.45) is 5.73 Å². The summed E-state index contributed by atoms with van der Waals surface area (Å²) >= 11 is 0. The summed E-state index contributed by atoms with van der Waals surface area (Å²) in [7, 11) is 0. The van der Waals surface area contributed by atoms with E-state index in [-0.39, 0.29) is 11.5 Å². The van der Waals surface area contributed by atoms with Crippen LogP contribution in [0, 0.1) is 0 Å². The fraction of sp³-hybridized carbons (Fsp3) is 0.231. The molecule has 1 aromatic heterocycles. The maximum atomic E-state index is 11.6. The second-order valence-electron chi connectivity index (χ2n) is 3.91. The van der Waals surface area contributed by atoms with Gasteiger partial charge in [-0.3, -0.25) is 9.36 Å². The summed E-state index contributed by atoms with van der Waals surface area (Å²) in [6, 6.07) is 11.4. The Hall–Kier alpha value is -1.94. The molecule has 0 saturated heterocycles. The van der Waals surface area contributed by atoms with Crippen molar-refractivity contribution in [3.05, 3.63) is 64.8 Å². The van der Waals surface area contributed by atoms with Gasteiger partial charge in [0, 0.05) is 31.3 Å². The maximum absolute atomic E-state index is 11.6. The zero-order valence-electron chi connectivity index (χ0n) is 9.49. The Balaban J connectivity index is 2.22. The Morgan fingerprint density at radius 3 is 2.65 bits per heavy atom. The summed E-state index contributed by atoms with van der Waals surface area (Å²) in [5.74, 6) is 0.137. The van der Waals surface area contributed by atoms with Crippen molar-refractivity contribution >= 4 is 0 Å². The highest BCUT2D eigenvalue weighted by molar-refractivity contribution is 5.19. The van der Waals surface area contributed by atoms with Crippen LogP contribution in [-0.4, -0.2) is 16.1 Å². The van der Waals surface area contributed by atoms with Gasteiger partial charge < -0.3 is 5.73 Å². The van der Waals surface area contributed by atoms with Crippen molar-refractivity contribution < 1.29 is 0 Å². The van der Waals surface area contributed by atoms with Gasteiger partial charge in [0.1, 0.15) is 0 Å². The highest BCUT2D eigenvalue weighted by Gasteiger charge is 2.10. The van der Waals surface area contributed by atoms with Crippen LogP contribution in [0.3, 0.4) is 0 Å². The summed E-state index contributed by atoms with van der Waals surface area (Å²) < 4.78 is 1.59. The van der Waals surface area contributed by atoms with Crippen LogP contribution in [0.25, 0.3) is 0 Å². The maximum Gasteiger partial charge on any atom is 0.253 e. The third-order valence-electron chi connectivity index (χ3n) is 2.76. The van der Waals surface area contributed by atoms with E-state index in [2.05, 4.69) is 4.98 Å². The van der Waals surface area contributed by atoms with E-state index in [4.69, 9.17) is 5.73 Å². The third kappa shape index (κ3) is 2.79. The van der Waals surface area contributed by atoms with E-state index in [1.54, 1.807) is 10.9 Å². The van der Waals surface area contributed by atoms with Crippen LogP contribution in [0.5, 0.6) is 0 Å². The van der Waals surface area contributed by atoms with Gasteiger partial charge in [0.15, 0.2) is 0 Å². The number of hydrogen-bond donors (Lipinski definition) is 1. The molecule has 2 N–H and O–H groups in total. The second-order valence-corrected chi connectivity index (χ2v) is 3.91. The lowest BCUT2D eigenvalue weighted by molar-refractivity contribution is 0.546. The average molecular weight is 229 g/mol. The topological polar surface area (TPSA) is 60.9 Å². The van der Waals surface area contributed by atoms with Gasteiger partial charge in [0.2, 0.25) is 0 Å². The predicted molar refractivity (Wildman–Crippen MR) is 66.7 cm³/mol. The smallest absolute Gasteiger partial charge is 0.253 e. The molecule has 1 aromatic carbocycles. The zero-order valence-corrected chi connectivity index (χ0v) is 9.49. The van der Waals surface area contributed by atoms with Crippen LogP contribution < -0.4 is 11.3 Å². The van der Waals surface area contributed by atoms with Gasteiger partial charge in [-0.2, -0.15) is 0 Å². The fourth-order valence-corrected chi connectivity index (χ4v) is 1.79. The Bertz CT molecular complexity index is 521. The van der Waals surface area contributed by atoms with Crippen LogP contribution in [0.15, 0.2) is 53.7 Å². The SMILES string of the molecule is NCC(Cn1cnccc1=O)c1ccccc1. The first-order valence-electron chi connectivity index (χ1n) is 5.56. The summed E-state index contributed by atoms with van der Waals surface area (Å²) in [4.78, 5) is 15.5. The van der Waals surface area contributed by atoms with Gasteiger partial charge in [-0.25, -0.2) is 4.98 Å². The van der Waals surface area contributed by atoms with Crippen molar-refractivity contribution in [2.45, 2.75) is 12.5 Å². The molecular formula is C13H15N3O. The zero-order chi connectivity index (χ0) is 12.1. The molecule has 1 atom stereocenters. The molecule has 17 heavy (non-hydrogen) atoms. The van der Waals surface area contributed by atoms with E-state index >= 15 is 0 Å². The number of aromatic nitrogens is 2. The predicted octanol–water partition coefficient (Wildman–Crippen LogP) is 0.986. The monoisotopic (exact) mass is 229 g/mol. The lowest BCUT2D eigenvalue weighted by Gasteiger charge is -2.16. The van der Waals surface area contributed by atoms with Gasteiger partial charge in [0.25, 0.3) is 5.56 Å². The number of nitrogens with zero attached hydrogens (tertiary/aromatic N) is 2. The molecule has 0 spiro atoms. The van der Waals surface area contributed by atoms with E-state index in [1.807, 2.05) is 30.3 Å². The van der Waals surface area contributed by atoms with Crippen molar-refractivity contribution in [1.29, 1.82) is 0 Å². The fourth-order valence-electron chi connectivity index (χ4n) is 1.79. The molecule has 88 valence electrons. The van der Waals surface area contributed by atoms with Crippen LogP contribution in [-0.2, 0) is 6.54 Å². The number of rotatable bonds is 4. The minimum atomic E-state index is -0.0469.